The van der Waals surface area contributed by atoms with Crippen LogP contribution in [0.15, 0.2) is 0 Å². The fourth-order valence-electron chi connectivity index (χ4n) is 1.27. The molecule has 1 rings (SSSR count). The van der Waals surface area contributed by atoms with Crippen molar-refractivity contribution >= 4 is 51.5 Å². The predicted molar refractivity (Wildman–Crippen MR) is 58.8 cm³/mol. The van der Waals surface area contributed by atoms with Gasteiger partial charge in [-0.3, -0.25) is 4.79 Å². The van der Waals surface area contributed by atoms with Gasteiger partial charge in [0.1, 0.15) is 0 Å². The first-order chi connectivity index (χ1) is 5.77. The van der Waals surface area contributed by atoms with Gasteiger partial charge >= 0.3 is 51.5 Å². The van der Waals surface area contributed by atoms with Crippen molar-refractivity contribution in [3.63, 3.8) is 0 Å². The van der Waals surface area contributed by atoms with E-state index in [9.17, 15) is 4.79 Å². The number of aliphatic carboxylic acids is 1. The van der Waals surface area contributed by atoms with Crippen molar-refractivity contribution in [3.05, 3.63) is 0 Å². The Morgan fingerprint density at radius 3 is 1.46 bits per heavy atom. The molecule has 0 spiro atoms. The summed E-state index contributed by atoms with van der Waals surface area (Å²) >= 11 is 0. The summed E-state index contributed by atoms with van der Waals surface area (Å²) in [5, 5.41) is 7.91. The van der Waals surface area contributed by atoms with Gasteiger partial charge in [0.05, 0.1) is 0 Å². The molecule has 2 nitrogen and oxygen atoms in total. The number of carbonyl (C=O) groups is 1. The Morgan fingerprint density at radius 2 is 1.38 bits per heavy atom. The Morgan fingerprint density at radius 1 is 1.08 bits per heavy atom. The van der Waals surface area contributed by atoms with E-state index >= 15 is 0 Å². The van der Waals surface area contributed by atoms with Gasteiger partial charge in [0.15, 0.2) is 0 Å². The van der Waals surface area contributed by atoms with Crippen LogP contribution >= 0.6 is 0 Å². The van der Waals surface area contributed by atoms with Crippen molar-refractivity contribution in [1.29, 1.82) is 0 Å². The molecule has 1 saturated carbocycles. The molecule has 0 amide bonds. The molecule has 0 aromatic carbocycles. The van der Waals surface area contributed by atoms with Crippen LogP contribution in [-0.4, -0.2) is 56.6 Å². The van der Waals surface area contributed by atoms with Crippen LogP contribution in [0, 0.1) is 0 Å². The average molecular weight is 262 g/mol. The van der Waals surface area contributed by atoms with E-state index in [0.29, 0.717) is 6.42 Å². The molecule has 0 unspecified atom stereocenters. The second-order valence-electron chi connectivity index (χ2n) is 3.27. The average Bonchev–Trinajstić information content (AvgIpc) is 2.08. The monoisotopic (exact) mass is 262 g/mol. The van der Waals surface area contributed by atoms with E-state index in [1.165, 1.54) is 38.5 Å². The van der Waals surface area contributed by atoms with Crippen LogP contribution in [0.2, 0.25) is 0 Å². The van der Waals surface area contributed by atoms with Crippen LogP contribution in [-0.2, 0) is 4.79 Å². The number of hydrogen-bond donors (Lipinski definition) is 1. The second-order valence-corrected chi connectivity index (χ2v) is 3.27. The molecule has 0 saturated heterocycles. The normalized spacial score (nSPS) is 14.8. The molecule has 0 heterocycles. The number of carboxylic acids is 1. The van der Waals surface area contributed by atoms with E-state index in [-0.39, 0.29) is 45.5 Å². The number of carboxylic acid groups (broad SMARTS) is 1. The van der Waals surface area contributed by atoms with E-state index in [0.717, 1.165) is 6.42 Å². The van der Waals surface area contributed by atoms with Crippen LogP contribution < -0.4 is 0 Å². The second kappa shape index (κ2) is 13.0. The molecule has 0 aliphatic heterocycles. The summed E-state index contributed by atoms with van der Waals surface area (Å²) < 4.78 is 0. The van der Waals surface area contributed by atoms with Crippen LogP contribution in [0.1, 0.15) is 58.3 Å². The van der Waals surface area contributed by atoms with Gasteiger partial charge in [-0.05, 0) is 6.42 Å². The number of rotatable bonds is 2. The summed E-state index contributed by atoms with van der Waals surface area (Å²) in [5.74, 6) is -0.711. The fourth-order valence-corrected chi connectivity index (χ4v) is 1.27. The molecular formula is C10H22O2Sr. The van der Waals surface area contributed by atoms with Crippen molar-refractivity contribution in [2.75, 3.05) is 0 Å². The molecule has 0 aromatic heterocycles. The van der Waals surface area contributed by atoms with Crippen molar-refractivity contribution in [3.8, 4) is 0 Å². The Hall–Kier alpha value is 0.951. The first-order valence-electron chi connectivity index (χ1n) is 4.99. The molecule has 1 N–H and O–H groups in total. The molecular weight excluding hydrogens is 240 g/mol. The fraction of sp³-hybridized carbons (Fsp3) is 0.900. The first kappa shape index (κ1) is 16.4. The number of hydrogen-bond acceptors (Lipinski definition) is 1. The van der Waals surface area contributed by atoms with Crippen molar-refractivity contribution in [2.24, 2.45) is 0 Å². The standard InChI is InChI=1S/C6H12.C4H8O2.Sr.2H/c1-2-4-6-5-3-1;1-2-3-4(5)6;;;/h1-6H2;2-3H2,1H3,(H,5,6);;;. The van der Waals surface area contributed by atoms with Gasteiger partial charge in [-0.15, -0.1) is 0 Å². The maximum atomic E-state index is 9.60. The molecule has 1 aliphatic rings. The summed E-state index contributed by atoms with van der Waals surface area (Å²) in [6.07, 6.45) is 10.0. The molecule has 0 aromatic rings. The van der Waals surface area contributed by atoms with E-state index in [1.807, 2.05) is 6.92 Å². The van der Waals surface area contributed by atoms with E-state index in [1.54, 1.807) is 0 Å². The van der Waals surface area contributed by atoms with Crippen LogP contribution in [0.25, 0.3) is 0 Å². The third-order valence-corrected chi connectivity index (χ3v) is 1.96. The zero-order chi connectivity index (χ0) is 9.23. The summed E-state index contributed by atoms with van der Waals surface area (Å²) in [6.45, 7) is 1.84. The van der Waals surface area contributed by atoms with Crippen LogP contribution in [0.3, 0.4) is 0 Å². The van der Waals surface area contributed by atoms with Gasteiger partial charge < -0.3 is 5.11 Å². The minimum absolute atomic E-state index is 0. The first-order valence-corrected chi connectivity index (χ1v) is 4.99. The van der Waals surface area contributed by atoms with Gasteiger partial charge in [-0.2, -0.15) is 0 Å². The zero-order valence-electron chi connectivity index (χ0n) is 8.01. The summed E-state index contributed by atoms with van der Waals surface area (Å²) in [6, 6.07) is 0. The van der Waals surface area contributed by atoms with E-state index in [4.69, 9.17) is 5.11 Å². The Labute approximate surface area is 118 Å². The van der Waals surface area contributed by atoms with E-state index in [2.05, 4.69) is 0 Å². The van der Waals surface area contributed by atoms with Gasteiger partial charge in [0.25, 0.3) is 0 Å². The summed E-state index contributed by atoms with van der Waals surface area (Å²) in [7, 11) is 0. The minimum atomic E-state index is -0.711. The predicted octanol–water partition coefficient (Wildman–Crippen LogP) is 2.30. The van der Waals surface area contributed by atoms with Crippen molar-refractivity contribution < 1.29 is 9.90 Å². The Kier molecular flexibility index (Phi) is 16.3. The summed E-state index contributed by atoms with van der Waals surface area (Å²) in [4.78, 5) is 9.60. The molecule has 76 valence electrons. The molecule has 1 aliphatic carbocycles. The summed E-state index contributed by atoms with van der Waals surface area (Å²) in [5.41, 5.74) is 0. The SMILES string of the molecule is C1CCCCC1.CCCC(=O)O.[SrH2]. The van der Waals surface area contributed by atoms with Gasteiger partial charge in [-0.25, -0.2) is 0 Å². The molecule has 0 bridgehead atoms. The van der Waals surface area contributed by atoms with Crippen molar-refractivity contribution in [1.82, 2.24) is 0 Å². The molecule has 13 heavy (non-hydrogen) atoms. The zero-order valence-corrected chi connectivity index (χ0v) is 8.01. The molecule has 0 radical (unpaired) electrons. The Bertz CT molecular complexity index is 100.0. The van der Waals surface area contributed by atoms with Gasteiger partial charge in [0, 0.05) is 6.42 Å². The molecule has 3 heteroatoms. The van der Waals surface area contributed by atoms with Crippen LogP contribution in [0.5, 0.6) is 0 Å². The van der Waals surface area contributed by atoms with Crippen LogP contribution in [0.4, 0.5) is 0 Å². The quantitative estimate of drug-likeness (QED) is 0.775. The van der Waals surface area contributed by atoms with Crippen molar-refractivity contribution in [2.45, 2.75) is 58.3 Å². The third-order valence-electron chi connectivity index (χ3n) is 1.96. The molecule has 0 atom stereocenters. The van der Waals surface area contributed by atoms with E-state index < -0.39 is 5.97 Å². The topological polar surface area (TPSA) is 37.3 Å². The van der Waals surface area contributed by atoms with Gasteiger partial charge in [-0.1, -0.05) is 45.4 Å². The maximum absolute atomic E-state index is 9.60. The Balaban J connectivity index is 0. The molecule has 1 fully saturated rings. The third kappa shape index (κ3) is 15.7. The van der Waals surface area contributed by atoms with Gasteiger partial charge in [0.2, 0.25) is 0 Å².